The Labute approximate surface area is 114 Å². The minimum Gasteiger partial charge on any atom is -0.385 e. The molecule has 1 fully saturated rings. The van der Waals surface area contributed by atoms with Gasteiger partial charge in [-0.2, -0.15) is 0 Å². The van der Waals surface area contributed by atoms with Crippen LogP contribution in [0.2, 0.25) is 0 Å². The summed E-state index contributed by atoms with van der Waals surface area (Å²) in [6, 6.07) is 0.217. The third-order valence-electron chi connectivity index (χ3n) is 3.50. The Morgan fingerprint density at radius 2 is 2.05 bits per heavy atom. The molecule has 0 radical (unpaired) electrons. The van der Waals surface area contributed by atoms with Gasteiger partial charge in [-0.05, 0) is 25.7 Å². The van der Waals surface area contributed by atoms with E-state index in [2.05, 4.69) is 27.5 Å². The third kappa shape index (κ3) is 3.22. The first-order valence-electron chi connectivity index (χ1n) is 6.88. The van der Waals surface area contributed by atoms with Gasteiger partial charge in [-0.1, -0.05) is 13.8 Å². The van der Waals surface area contributed by atoms with E-state index in [4.69, 9.17) is 0 Å². The number of aromatic nitrogens is 2. The van der Waals surface area contributed by atoms with Gasteiger partial charge in [-0.15, -0.1) is 0 Å². The van der Waals surface area contributed by atoms with Gasteiger partial charge in [0.15, 0.2) is 5.69 Å². The van der Waals surface area contributed by atoms with Crippen LogP contribution in [0.4, 0.5) is 5.69 Å². The topological polar surface area (TPSA) is 66.9 Å². The van der Waals surface area contributed by atoms with Gasteiger partial charge >= 0.3 is 0 Å². The highest BCUT2D eigenvalue weighted by molar-refractivity contribution is 5.97. The lowest BCUT2D eigenvalue weighted by Crippen LogP contribution is -2.35. The van der Waals surface area contributed by atoms with E-state index < -0.39 is 0 Å². The summed E-state index contributed by atoms with van der Waals surface area (Å²) >= 11 is 0. The first kappa shape index (κ1) is 13.8. The fourth-order valence-electron chi connectivity index (χ4n) is 2.02. The van der Waals surface area contributed by atoms with Gasteiger partial charge in [0.2, 0.25) is 0 Å². The van der Waals surface area contributed by atoms with Gasteiger partial charge in [0.05, 0.1) is 11.9 Å². The smallest absolute Gasteiger partial charge is 0.272 e. The van der Waals surface area contributed by atoms with Crippen molar-refractivity contribution in [2.45, 2.75) is 45.6 Å². The van der Waals surface area contributed by atoms with Crippen molar-refractivity contribution in [2.24, 2.45) is 5.92 Å². The zero-order valence-corrected chi connectivity index (χ0v) is 12.0. The second-order valence-corrected chi connectivity index (χ2v) is 5.49. The van der Waals surface area contributed by atoms with E-state index >= 15 is 0 Å². The number of amides is 1. The number of hydrogen-bond donors (Lipinski definition) is 2. The predicted octanol–water partition coefficient (Wildman–Crippen LogP) is 2.17. The van der Waals surface area contributed by atoms with E-state index in [1.807, 2.05) is 13.8 Å². The molecule has 1 saturated carbocycles. The van der Waals surface area contributed by atoms with Crippen molar-refractivity contribution < 1.29 is 4.79 Å². The van der Waals surface area contributed by atoms with Gasteiger partial charge < -0.3 is 10.6 Å². The van der Waals surface area contributed by atoms with Gasteiger partial charge in [0.1, 0.15) is 5.82 Å². The minimum atomic E-state index is -0.118. The SMILES string of the molecule is CNc1cnc(C(C)C)nc1C(=O)NC(C)C1CC1. The van der Waals surface area contributed by atoms with Crippen molar-refractivity contribution in [2.75, 3.05) is 12.4 Å². The van der Waals surface area contributed by atoms with E-state index in [9.17, 15) is 4.79 Å². The first-order chi connectivity index (χ1) is 9.02. The number of nitrogens with zero attached hydrogens (tertiary/aromatic N) is 2. The van der Waals surface area contributed by atoms with Crippen molar-refractivity contribution in [3.8, 4) is 0 Å². The zero-order valence-electron chi connectivity index (χ0n) is 12.0. The second-order valence-electron chi connectivity index (χ2n) is 5.49. The van der Waals surface area contributed by atoms with Crippen LogP contribution in [-0.4, -0.2) is 29.0 Å². The molecule has 0 aromatic carbocycles. The molecule has 0 aliphatic heterocycles. The van der Waals surface area contributed by atoms with Crippen LogP contribution in [0.1, 0.15) is 55.8 Å². The predicted molar refractivity (Wildman–Crippen MR) is 75.3 cm³/mol. The summed E-state index contributed by atoms with van der Waals surface area (Å²) < 4.78 is 0. The molecular formula is C14H22N4O. The van der Waals surface area contributed by atoms with Crippen LogP contribution in [0.3, 0.4) is 0 Å². The van der Waals surface area contributed by atoms with Crippen LogP contribution in [0.25, 0.3) is 0 Å². The zero-order chi connectivity index (χ0) is 14.0. The van der Waals surface area contributed by atoms with Gasteiger partial charge in [0, 0.05) is 19.0 Å². The molecule has 0 spiro atoms. The molecule has 1 amide bonds. The summed E-state index contributed by atoms with van der Waals surface area (Å²) in [5, 5.41) is 6.00. The average Bonchev–Trinajstić information content (AvgIpc) is 3.21. The maximum atomic E-state index is 12.3. The van der Waals surface area contributed by atoms with E-state index in [-0.39, 0.29) is 17.9 Å². The lowest BCUT2D eigenvalue weighted by molar-refractivity contribution is 0.0931. The van der Waals surface area contributed by atoms with E-state index in [1.165, 1.54) is 12.8 Å². The fourth-order valence-corrected chi connectivity index (χ4v) is 2.02. The molecule has 19 heavy (non-hydrogen) atoms. The van der Waals surface area contributed by atoms with Crippen molar-refractivity contribution in [3.05, 3.63) is 17.7 Å². The normalized spacial score (nSPS) is 16.3. The van der Waals surface area contributed by atoms with Crippen molar-refractivity contribution >= 4 is 11.6 Å². The van der Waals surface area contributed by atoms with E-state index in [1.54, 1.807) is 13.2 Å². The highest BCUT2D eigenvalue weighted by Gasteiger charge is 2.30. The van der Waals surface area contributed by atoms with Crippen LogP contribution in [0.15, 0.2) is 6.20 Å². The maximum Gasteiger partial charge on any atom is 0.272 e. The van der Waals surface area contributed by atoms with Gasteiger partial charge in [-0.3, -0.25) is 4.79 Å². The fraction of sp³-hybridized carbons (Fsp3) is 0.643. The standard InChI is InChI=1S/C14H22N4O/c1-8(2)13-16-7-11(15-4)12(18-13)14(19)17-9(3)10-5-6-10/h7-10,15H,5-6H2,1-4H3,(H,17,19). The first-order valence-corrected chi connectivity index (χ1v) is 6.88. The van der Waals surface area contributed by atoms with Crippen molar-refractivity contribution in [3.63, 3.8) is 0 Å². The lowest BCUT2D eigenvalue weighted by Gasteiger charge is -2.15. The van der Waals surface area contributed by atoms with Crippen LogP contribution in [-0.2, 0) is 0 Å². The summed E-state index contributed by atoms with van der Waals surface area (Å²) in [5.41, 5.74) is 1.11. The molecule has 1 atom stereocenters. The molecule has 5 nitrogen and oxygen atoms in total. The molecular weight excluding hydrogens is 240 g/mol. The lowest BCUT2D eigenvalue weighted by atomic mass is 10.2. The molecule has 1 aromatic rings. The Bertz CT molecular complexity index is 469. The van der Waals surface area contributed by atoms with Crippen LogP contribution in [0.5, 0.6) is 0 Å². The summed E-state index contributed by atoms with van der Waals surface area (Å²) in [6.07, 6.45) is 4.10. The highest BCUT2D eigenvalue weighted by atomic mass is 16.2. The second kappa shape index (κ2) is 5.55. The molecule has 5 heteroatoms. The molecule has 1 aromatic heterocycles. The van der Waals surface area contributed by atoms with Crippen LogP contribution >= 0.6 is 0 Å². The van der Waals surface area contributed by atoms with Crippen LogP contribution < -0.4 is 10.6 Å². The molecule has 0 saturated heterocycles. The van der Waals surface area contributed by atoms with Crippen molar-refractivity contribution in [1.29, 1.82) is 0 Å². The molecule has 104 valence electrons. The molecule has 0 bridgehead atoms. The highest BCUT2D eigenvalue weighted by Crippen LogP contribution is 2.32. The van der Waals surface area contributed by atoms with Crippen LogP contribution in [0, 0.1) is 5.92 Å². The van der Waals surface area contributed by atoms with Crippen molar-refractivity contribution in [1.82, 2.24) is 15.3 Å². The molecule has 1 heterocycles. The quantitative estimate of drug-likeness (QED) is 0.853. The number of hydrogen-bond acceptors (Lipinski definition) is 4. The monoisotopic (exact) mass is 262 g/mol. The summed E-state index contributed by atoms with van der Waals surface area (Å²) in [5.74, 6) is 1.42. The molecule has 2 rings (SSSR count). The number of nitrogens with one attached hydrogen (secondary N) is 2. The van der Waals surface area contributed by atoms with Gasteiger partial charge in [-0.25, -0.2) is 9.97 Å². The molecule has 1 aliphatic rings. The number of rotatable bonds is 5. The largest absolute Gasteiger partial charge is 0.385 e. The Balaban J connectivity index is 2.19. The number of anilines is 1. The molecule has 1 aliphatic carbocycles. The maximum absolute atomic E-state index is 12.3. The average molecular weight is 262 g/mol. The Morgan fingerprint density at radius 3 is 2.58 bits per heavy atom. The molecule has 2 N–H and O–H groups in total. The molecule has 1 unspecified atom stereocenters. The Hall–Kier alpha value is -1.65. The number of carbonyl (C=O) groups excluding carboxylic acids is 1. The van der Waals surface area contributed by atoms with E-state index in [0.29, 0.717) is 23.1 Å². The van der Waals surface area contributed by atoms with E-state index in [0.717, 1.165) is 0 Å². The number of carbonyl (C=O) groups is 1. The Morgan fingerprint density at radius 1 is 1.37 bits per heavy atom. The minimum absolute atomic E-state index is 0.118. The summed E-state index contributed by atoms with van der Waals surface area (Å²) in [4.78, 5) is 21.0. The third-order valence-corrected chi connectivity index (χ3v) is 3.50. The van der Waals surface area contributed by atoms with Gasteiger partial charge in [0.25, 0.3) is 5.91 Å². The Kier molecular flexibility index (Phi) is 4.02. The summed E-state index contributed by atoms with van der Waals surface area (Å²) in [7, 11) is 1.77. The summed E-state index contributed by atoms with van der Waals surface area (Å²) in [6.45, 7) is 6.09.